The van der Waals surface area contributed by atoms with Crippen molar-refractivity contribution in [2.75, 3.05) is 14.1 Å². The maximum absolute atomic E-state index is 9.70. The number of rotatable bonds is 1. The third kappa shape index (κ3) is 388. The Hall–Kier alpha value is 0.648. The largest absolute Gasteiger partial charge is 0.542 e. The van der Waals surface area contributed by atoms with Crippen LogP contribution in [0.2, 0.25) is 0 Å². The molecule has 0 aliphatic carbocycles. The number of hydrogen-bond donors (Lipinski definition) is 2. The van der Waals surface area contributed by atoms with Crippen molar-refractivity contribution in [3.05, 3.63) is 0 Å². The fourth-order valence-electron chi connectivity index (χ4n) is 0. The molecule has 0 aliphatic heterocycles. The van der Waals surface area contributed by atoms with Crippen LogP contribution in [0.15, 0.2) is 0 Å². The second-order valence-corrected chi connectivity index (χ2v) is 10.8. The van der Waals surface area contributed by atoms with E-state index in [1.54, 1.807) is 0 Å². The van der Waals surface area contributed by atoms with Gasteiger partial charge >= 0.3 is 0 Å². The van der Waals surface area contributed by atoms with Crippen LogP contribution < -0.4 is 10.6 Å². The summed E-state index contributed by atoms with van der Waals surface area (Å²) in [7, 11) is 3.47. The van der Waals surface area contributed by atoms with Gasteiger partial charge in [-0.1, -0.05) is 104 Å². The van der Waals surface area contributed by atoms with Crippen LogP contribution in [0, 0.1) is 16.2 Å². The van der Waals surface area contributed by atoms with Crippen molar-refractivity contribution in [3.63, 3.8) is 0 Å². The second kappa shape index (κ2) is 49.6. The van der Waals surface area contributed by atoms with E-state index in [9.17, 15) is 9.59 Å². The molecule has 0 atom stereocenters. The number of nitrogens with one attached hydrogen (secondary N) is 2. The van der Waals surface area contributed by atoms with Crippen molar-refractivity contribution in [2.45, 2.75) is 138 Å². The Balaban J connectivity index is -0.0000000236. The predicted octanol–water partition coefficient (Wildman–Crippen LogP) is 7.41. The summed E-state index contributed by atoms with van der Waals surface area (Å²) in [5.74, 6) is 0. The molecule has 0 aromatic heterocycles. The molecule has 0 spiro atoms. The quantitative estimate of drug-likeness (QED) is 0.222. The summed E-state index contributed by atoms with van der Waals surface area (Å²) in [6.45, 7) is 35.4. The number of hydrogen-bond acceptors (Lipinski definition) is 5. The van der Waals surface area contributed by atoms with Gasteiger partial charge in [0.1, 0.15) is 0 Å². The van der Waals surface area contributed by atoms with Gasteiger partial charge in [0.05, 0.1) is 0 Å². The molecule has 8 heteroatoms. The fourth-order valence-corrected chi connectivity index (χ4v) is 0. The summed E-state index contributed by atoms with van der Waals surface area (Å²) < 4.78 is 0. The van der Waals surface area contributed by atoms with Gasteiger partial charge in [-0.05, 0) is 40.3 Å². The van der Waals surface area contributed by atoms with E-state index in [4.69, 9.17) is 9.59 Å². The fraction of sp³-hybridized carbons (Fsp3) is 0.862. The van der Waals surface area contributed by atoms with E-state index in [1.807, 2.05) is 88.9 Å². The minimum Gasteiger partial charge on any atom is -0.542 e. The maximum Gasteiger partial charge on any atom is 0.00935 e. The van der Waals surface area contributed by atoms with Crippen LogP contribution in [0.1, 0.15) is 132 Å². The SMILES string of the molecule is C.CC.CC.CC(C)(C)C.CC(C)(C)[C-]=O.CC(C)(C)[C-]=O.CNC(C)(C)C.CN[C-]=O.C[C-]=O.[Y].[Y]. The zero-order valence-corrected chi connectivity index (χ0v) is 33.5. The average Bonchev–Trinajstić information content (AvgIpc) is 2.70. The number of carbonyl (C=O) groups excluding carboxylic acids is 4. The van der Waals surface area contributed by atoms with E-state index in [2.05, 4.69) is 59.1 Å². The summed E-state index contributed by atoms with van der Waals surface area (Å²) in [5, 5.41) is 5.23. The van der Waals surface area contributed by atoms with E-state index in [0.29, 0.717) is 11.0 Å². The molecular weight excluding hydrogens is 618 g/mol. The van der Waals surface area contributed by atoms with Gasteiger partial charge < -0.3 is 29.8 Å². The van der Waals surface area contributed by atoms with Crippen LogP contribution >= 0.6 is 0 Å². The molecule has 0 fully saturated rings. The molecule has 226 valence electrons. The molecule has 0 saturated carbocycles. The van der Waals surface area contributed by atoms with Gasteiger partial charge in [-0.15, -0.1) is 10.8 Å². The molecule has 0 bridgehead atoms. The van der Waals surface area contributed by atoms with Crippen molar-refractivity contribution in [1.29, 1.82) is 0 Å². The molecule has 6 nitrogen and oxygen atoms in total. The topological polar surface area (TPSA) is 92.3 Å². The summed E-state index contributed by atoms with van der Waals surface area (Å²) in [6.07, 6.45) is 6.64. The van der Waals surface area contributed by atoms with Gasteiger partial charge in [-0.25, -0.2) is 0 Å². The third-order valence-corrected chi connectivity index (χ3v) is 1.46. The molecule has 2 radical (unpaired) electrons. The van der Waals surface area contributed by atoms with Gasteiger partial charge in [0.25, 0.3) is 0 Å². The standard InChI is InChI=1S/C5H13N.2C5H9O.C5H12.C2H4NO.C2H3O.2C2H6.CH4.2Y/c1-5(2,3)6-4;2*1-5(2,3)4-6;1-5(2,3)4;1-3-2-4;1-2-3;2*1-2;;;/h6H,1-4H3;2*1-3H3;1-4H3;1H3,(H,3,4);1H3;2*1-2H3;1H4;;/q;2*-1;;2*-1;;;;;. The van der Waals surface area contributed by atoms with Crippen molar-refractivity contribution < 1.29 is 84.6 Å². The molecule has 37 heavy (non-hydrogen) atoms. The summed E-state index contributed by atoms with van der Waals surface area (Å²) in [6, 6.07) is 0. The Bertz CT molecular complexity index is 369. The molecule has 0 unspecified atom stereocenters. The van der Waals surface area contributed by atoms with Crippen LogP contribution in [-0.4, -0.2) is 44.9 Å². The Morgan fingerprint density at radius 3 is 0.622 bits per heavy atom. The molecule has 0 saturated heterocycles. The van der Waals surface area contributed by atoms with E-state index in [-0.39, 0.29) is 83.7 Å². The smallest absolute Gasteiger partial charge is 0.00935 e. The summed E-state index contributed by atoms with van der Waals surface area (Å²) in [5.41, 5.74) is 0.264. The molecular formula is C29H66N2O4Y2-4. The van der Waals surface area contributed by atoms with Crippen molar-refractivity contribution >= 4 is 25.3 Å². The van der Waals surface area contributed by atoms with Crippen molar-refractivity contribution in [1.82, 2.24) is 10.6 Å². The van der Waals surface area contributed by atoms with Gasteiger partial charge in [-0.3, -0.25) is 18.9 Å². The third-order valence-electron chi connectivity index (χ3n) is 1.46. The van der Waals surface area contributed by atoms with Gasteiger partial charge in [0.2, 0.25) is 0 Å². The molecule has 0 rings (SSSR count). The van der Waals surface area contributed by atoms with E-state index < -0.39 is 0 Å². The summed E-state index contributed by atoms with van der Waals surface area (Å²) in [4.78, 5) is 37.0. The zero-order chi connectivity index (χ0) is 30.2. The molecule has 0 aromatic carbocycles. The normalized spacial score (nSPS) is 8.43. The van der Waals surface area contributed by atoms with Crippen LogP contribution in [0.4, 0.5) is 0 Å². The predicted molar refractivity (Wildman–Crippen MR) is 160 cm³/mol. The molecule has 1 amide bonds. The van der Waals surface area contributed by atoms with Crippen LogP contribution in [-0.2, 0) is 84.6 Å². The first-order valence-corrected chi connectivity index (χ1v) is 11.8. The minimum absolute atomic E-state index is 0. The van der Waals surface area contributed by atoms with Crippen LogP contribution in [0.5, 0.6) is 0 Å². The second-order valence-electron chi connectivity index (χ2n) is 10.8. The Labute approximate surface area is 286 Å². The van der Waals surface area contributed by atoms with Crippen LogP contribution in [0.25, 0.3) is 0 Å². The first-order chi connectivity index (χ1) is 15.0. The first-order valence-electron chi connectivity index (χ1n) is 11.8. The summed E-state index contributed by atoms with van der Waals surface area (Å²) >= 11 is 0. The first kappa shape index (κ1) is 71.2. The minimum atomic E-state index is -0.264. The zero-order valence-electron chi connectivity index (χ0n) is 27.8. The molecule has 0 aromatic rings. The van der Waals surface area contributed by atoms with E-state index in [1.165, 1.54) is 26.7 Å². The van der Waals surface area contributed by atoms with Crippen molar-refractivity contribution in [2.24, 2.45) is 16.2 Å². The Kier molecular flexibility index (Phi) is 95.4. The Morgan fingerprint density at radius 2 is 0.622 bits per heavy atom. The van der Waals surface area contributed by atoms with Crippen LogP contribution in [0.3, 0.4) is 0 Å². The maximum atomic E-state index is 9.70. The van der Waals surface area contributed by atoms with E-state index in [0.717, 1.165) is 0 Å². The van der Waals surface area contributed by atoms with Gasteiger partial charge in [0.15, 0.2) is 0 Å². The van der Waals surface area contributed by atoms with Gasteiger partial charge in [-0.2, -0.15) is 13.3 Å². The average molecular weight is 685 g/mol. The van der Waals surface area contributed by atoms with Gasteiger partial charge in [0, 0.05) is 71.0 Å². The van der Waals surface area contributed by atoms with E-state index >= 15 is 0 Å². The molecule has 0 aliphatic rings. The monoisotopic (exact) mass is 684 g/mol. The molecule has 0 heterocycles. The molecule has 2 N–H and O–H groups in total. The number of amides is 1. The Morgan fingerprint density at radius 1 is 0.541 bits per heavy atom. The van der Waals surface area contributed by atoms with Crippen molar-refractivity contribution in [3.8, 4) is 0 Å².